The molecule has 0 radical (unpaired) electrons. The minimum Gasteiger partial charge on any atom is -0.397 e. The van der Waals surface area contributed by atoms with Crippen LogP contribution in [0.15, 0.2) is 12.3 Å². The van der Waals surface area contributed by atoms with E-state index in [1.165, 1.54) is 12.3 Å². The number of nitrogens with one attached hydrogen (secondary N) is 2. The number of carbonyl (C=O) groups excluding carboxylic acids is 2. The fourth-order valence-electron chi connectivity index (χ4n) is 1.74. The molecular formula is C11H13ClN4O2. The van der Waals surface area contributed by atoms with E-state index in [0.29, 0.717) is 25.1 Å². The molecule has 1 saturated heterocycles. The zero-order valence-corrected chi connectivity index (χ0v) is 10.3. The summed E-state index contributed by atoms with van der Waals surface area (Å²) in [5.41, 5.74) is 6.18. The Bertz CT molecular complexity index is 482. The van der Waals surface area contributed by atoms with Gasteiger partial charge in [0.15, 0.2) is 0 Å². The molecular weight excluding hydrogens is 256 g/mol. The fourth-order valence-corrected chi connectivity index (χ4v) is 1.93. The van der Waals surface area contributed by atoms with Crippen molar-refractivity contribution in [1.82, 2.24) is 15.6 Å². The largest absolute Gasteiger partial charge is 0.397 e. The van der Waals surface area contributed by atoms with Crippen LogP contribution in [0.3, 0.4) is 0 Å². The number of nitrogens with zero attached hydrogens (tertiary/aromatic N) is 1. The van der Waals surface area contributed by atoms with Crippen molar-refractivity contribution in [2.75, 3.05) is 12.3 Å². The molecule has 1 aromatic heterocycles. The van der Waals surface area contributed by atoms with E-state index in [2.05, 4.69) is 15.6 Å². The van der Waals surface area contributed by atoms with E-state index in [1.54, 1.807) is 0 Å². The van der Waals surface area contributed by atoms with Gasteiger partial charge in [0.1, 0.15) is 5.15 Å². The number of hydrogen-bond acceptors (Lipinski definition) is 4. The monoisotopic (exact) mass is 268 g/mol. The van der Waals surface area contributed by atoms with Crippen LogP contribution in [0.5, 0.6) is 0 Å². The van der Waals surface area contributed by atoms with Gasteiger partial charge in [0.25, 0.3) is 5.91 Å². The molecule has 6 nitrogen and oxygen atoms in total. The van der Waals surface area contributed by atoms with Gasteiger partial charge in [-0.3, -0.25) is 9.59 Å². The molecule has 96 valence electrons. The molecule has 0 aliphatic carbocycles. The summed E-state index contributed by atoms with van der Waals surface area (Å²) >= 11 is 5.83. The van der Waals surface area contributed by atoms with Gasteiger partial charge >= 0.3 is 0 Å². The van der Waals surface area contributed by atoms with Crippen molar-refractivity contribution in [2.24, 2.45) is 0 Å². The van der Waals surface area contributed by atoms with Gasteiger partial charge in [-0.2, -0.15) is 0 Å². The first-order valence-corrected chi connectivity index (χ1v) is 5.92. The van der Waals surface area contributed by atoms with Crippen LogP contribution < -0.4 is 16.4 Å². The summed E-state index contributed by atoms with van der Waals surface area (Å²) in [6.45, 7) is 0.429. The summed E-state index contributed by atoms with van der Waals surface area (Å²) < 4.78 is 0. The number of carbonyl (C=O) groups is 2. The summed E-state index contributed by atoms with van der Waals surface area (Å²) in [6, 6.07) is 1.39. The zero-order valence-electron chi connectivity index (χ0n) is 9.57. The number of nitrogens with two attached hydrogens (primary N) is 1. The Balaban J connectivity index is 2.03. The topological polar surface area (TPSA) is 97.1 Å². The van der Waals surface area contributed by atoms with Crippen molar-refractivity contribution in [3.05, 3.63) is 23.0 Å². The predicted molar refractivity (Wildman–Crippen MR) is 67.2 cm³/mol. The second-order valence-corrected chi connectivity index (χ2v) is 4.48. The molecule has 2 amide bonds. The Kier molecular flexibility index (Phi) is 3.66. The molecule has 0 saturated carbocycles. The van der Waals surface area contributed by atoms with Gasteiger partial charge in [0, 0.05) is 19.0 Å². The summed E-state index contributed by atoms with van der Waals surface area (Å²) in [6.07, 6.45) is 2.42. The van der Waals surface area contributed by atoms with E-state index in [0.717, 1.165) is 0 Å². The third kappa shape index (κ3) is 2.89. The van der Waals surface area contributed by atoms with Crippen molar-refractivity contribution < 1.29 is 9.59 Å². The Morgan fingerprint density at radius 1 is 1.61 bits per heavy atom. The van der Waals surface area contributed by atoms with Gasteiger partial charge in [-0.05, 0) is 12.5 Å². The first-order valence-electron chi connectivity index (χ1n) is 5.55. The van der Waals surface area contributed by atoms with Crippen LogP contribution in [-0.4, -0.2) is 29.4 Å². The number of halogens is 1. The lowest BCUT2D eigenvalue weighted by Gasteiger charge is -2.23. The molecule has 2 rings (SSSR count). The molecule has 1 aromatic rings. The first kappa shape index (κ1) is 12.6. The highest BCUT2D eigenvalue weighted by Gasteiger charge is 2.21. The second kappa shape index (κ2) is 5.22. The van der Waals surface area contributed by atoms with E-state index in [9.17, 15) is 9.59 Å². The molecule has 1 aliphatic heterocycles. The molecule has 1 atom stereocenters. The number of hydrogen-bond donors (Lipinski definition) is 3. The smallest absolute Gasteiger partial charge is 0.254 e. The predicted octanol–water partition coefficient (Wildman–Crippen LogP) is 0.326. The van der Waals surface area contributed by atoms with Crippen molar-refractivity contribution in [3.8, 4) is 0 Å². The maximum Gasteiger partial charge on any atom is 0.254 e. The van der Waals surface area contributed by atoms with Crippen LogP contribution in [0.25, 0.3) is 0 Å². The zero-order chi connectivity index (χ0) is 13.1. The van der Waals surface area contributed by atoms with Gasteiger partial charge in [-0.1, -0.05) is 11.6 Å². The Labute approximate surface area is 109 Å². The van der Waals surface area contributed by atoms with E-state index >= 15 is 0 Å². The lowest BCUT2D eigenvalue weighted by molar-refractivity contribution is -0.122. The summed E-state index contributed by atoms with van der Waals surface area (Å²) in [7, 11) is 0. The highest BCUT2D eigenvalue weighted by molar-refractivity contribution is 6.32. The Morgan fingerprint density at radius 2 is 2.39 bits per heavy atom. The maximum atomic E-state index is 12.0. The third-order valence-electron chi connectivity index (χ3n) is 2.71. The van der Waals surface area contributed by atoms with Crippen molar-refractivity contribution in [2.45, 2.75) is 18.9 Å². The van der Waals surface area contributed by atoms with Gasteiger partial charge < -0.3 is 16.4 Å². The number of rotatable bonds is 2. The number of amides is 2. The summed E-state index contributed by atoms with van der Waals surface area (Å²) in [5.74, 6) is -0.329. The van der Waals surface area contributed by atoms with Gasteiger partial charge in [-0.15, -0.1) is 0 Å². The van der Waals surface area contributed by atoms with Crippen molar-refractivity contribution >= 4 is 29.1 Å². The lowest BCUT2D eigenvalue weighted by Crippen LogP contribution is -2.47. The minimum atomic E-state index is -0.332. The van der Waals surface area contributed by atoms with Crippen LogP contribution in [0.1, 0.15) is 23.2 Å². The Hall–Kier alpha value is -1.82. The average molecular weight is 269 g/mol. The number of pyridine rings is 1. The van der Waals surface area contributed by atoms with Gasteiger partial charge in [-0.25, -0.2) is 4.98 Å². The molecule has 4 N–H and O–H groups in total. The summed E-state index contributed by atoms with van der Waals surface area (Å²) in [5, 5.41) is 5.59. The molecule has 0 aromatic carbocycles. The van der Waals surface area contributed by atoms with E-state index < -0.39 is 0 Å². The first-order chi connectivity index (χ1) is 8.56. The third-order valence-corrected chi connectivity index (χ3v) is 3.01. The Morgan fingerprint density at radius 3 is 3.06 bits per heavy atom. The molecule has 1 unspecified atom stereocenters. The average Bonchev–Trinajstić information content (AvgIpc) is 2.35. The van der Waals surface area contributed by atoms with Crippen LogP contribution in [-0.2, 0) is 4.79 Å². The van der Waals surface area contributed by atoms with Crippen LogP contribution in [0.2, 0.25) is 5.15 Å². The van der Waals surface area contributed by atoms with Crippen LogP contribution >= 0.6 is 11.6 Å². The molecule has 0 spiro atoms. The van der Waals surface area contributed by atoms with Crippen molar-refractivity contribution in [3.63, 3.8) is 0 Å². The van der Waals surface area contributed by atoms with E-state index in [1.807, 2.05) is 0 Å². The number of anilines is 1. The van der Waals surface area contributed by atoms with Crippen LogP contribution in [0, 0.1) is 0 Å². The fraction of sp³-hybridized carbons (Fsp3) is 0.364. The normalized spacial score (nSPS) is 19.2. The highest BCUT2D eigenvalue weighted by atomic mass is 35.5. The SMILES string of the molecule is Nc1cnc(Cl)c(C(=O)NC2CCC(=O)NC2)c1. The standard InChI is InChI=1S/C11H13ClN4O2/c12-10-8(3-6(13)4-15-10)11(18)16-7-1-2-9(17)14-5-7/h3-4,7H,1-2,5,13H2,(H,14,17)(H,16,18). The summed E-state index contributed by atoms with van der Waals surface area (Å²) in [4.78, 5) is 26.8. The number of nitrogen functional groups attached to an aromatic ring is 1. The quantitative estimate of drug-likeness (QED) is 0.673. The lowest BCUT2D eigenvalue weighted by atomic mass is 10.1. The van der Waals surface area contributed by atoms with Crippen LogP contribution in [0.4, 0.5) is 5.69 Å². The maximum absolute atomic E-state index is 12.0. The second-order valence-electron chi connectivity index (χ2n) is 4.12. The van der Waals surface area contributed by atoms with Gasteiger partial charge in [0.05, 0.1) is 17.4 Å². The number of aromatic nitrogens is 1. The number of piperidine rings is 1. The minimum absolute atomic E-state index is 0.00385. The molecule has 1 fully saturated rings. The highest BCUT2D eigenvalue weighted by Crippen LogP contribution is 2.16. The molecule has 7 heteroatoms. The molecule has 18 heavy (non-hydrogen) atoms. The van der Waals surface area contributed by atoms with E-state index in [-0.39, 0.29) is 28.6 Å². The van der Waals surface area contributed by atoms with Gasteiger partial charge in [0.2, 0.25) is 5.91 Å². The molecule has 1 aliphatic rings. The van der Waals surface area contributed by atoms with E-state index in [4.69, 9.17) is 17.3 Å². The molecule has 2 heterocycles. The molecule has 0 bridgehead atoms. The van der Waals surface area contributed by atoms with Crippen molar-refractivity contribution in [1.29, 1.82) is 0 Å².